The Kier molecular flexibility index (Phi) is 5.36. The van der Waals surface area contributed by atoms with Crippen molar-refractivity contribution < 1.29 is 4.79 Å². The van der Waals surface area contributed by atoms with Crippen LogP contribution >= 0.6 is 23.2 Å². The van der Waals surface area contributed by atoms with Crippen LogP contribution in [0.15, 0.2) is 30.6 Å². The van der Waals surface area contributed by atoms with Gasteiger partial charge in [0.15, 0.2) is 0 Å². The summed E-state index contributed by atoms with van der Waals surface area (Å²) in [5.74, 6) is 0.203. The molecule has 0 aliphatic rings. The summed E-state index contributed by atoms with van der Waals surface area (Å²) in [5, 5.41) is 6.69. The Bertz CT molecular complexity index is 628. The Labute approximate surface area is 132 Å². The number of benzene rings is 1. The van der Waals surface area contributed by atoms with Crippen LogP contribution in [0.2, 0.25) is 10.0 Å². The smallest absolute Gasteiger partial charge is 0.270 e. The van der Waals surface area contributed by atoms with Gasteiger partial charge in [0.05, 0.1) is 15.7 Å². The molecule has 1 aromatic carbocycles. The van der Waals surface area contributed by atoms with Crippen molar-refractivity contribution >= 4 is 40.6 Å². The molecule has 110 valence electrons. The zero-order chi connectivity index (χ0) is 15.2. The molecule has 0 saturated heterocycles. The second-order valence-electron chi connectivity index (χ2n) is 4.27. The molecule has 2 N–H and O–H groups in total. The van der Waals surface area contributed by atoms with Gasteiger partial charge >= 0.3 is 0 Å². The molecule has 0 spiro atoms. The average molecular weight is 325 g/mol. The number of hydrogen-bond donors (Lipinski definition) is 2. The van der Waals surface area contributed by atoms with Gasteiger partial charge in [0.25, 0.3) is 5.91 Å². The third-order valence-electron chi connectivity index (χ3n) is 2.65. The summed E-state index contributed by atoms with van der Waals surface area (Å²) < 4.78 is 0. The zero-order valence-electron chi connectivity index (χ0n) is 11.4. The normalized spacial score (nSPS) is 10.2. The van der Waals surface area contributed by atoms with Crippen LogP contribution in [-0.2, 0) is 0 Å². The number of aromatic nitrogens is 2. The molecule has 1 heterocycles. The van der Waals surface area contributed by atoms with Crippen molar-refractivity contribution in [1.29, 1.82) is 0 Å². The highest BCUT2D eigenvalue weighted by atomic mass is 35.5. The first-order valence-corrected chi connectivity index (χ1v) is 7.18. The fraction of sp³-hybridized carbons (Fsp3) is 0.214. The van der Waals surface area contributed by atoms with E-state index < -0.39 is 0 Å². The average Bonchev–Trinajstić information content (AvgIpc) is 2.49. The molecule has 2 rings (SSSR count). The van der Waals surface area contributed by atoms with Crippen LogP contribution in [0, 0.1) is 0 Å². The van der Waals surface area contributed by atoms with Crippen LogP contribution in [0.4, 0.5) is 11.5 Å². The number of carbonyl (C=O) groups excluding carboxylic acids is 1. The number of anilines is 2. The van der Waals surface area contributed by atoms with Crippen molar-refractivity contribution in [2.24, 2.45) is 0 Å². The quantitative estimate of drug-likeness (QED) is 0.880. The summed E-state index contributed by atoms with van der Waals surface area (Å²) in [6.07, 6.45) is 2.17. The van der Waals surface area contributed by atoms with E-state index in [0.717, 1.165) is 6.42 Å². The van der Waals surface area contributed by atoms with E-state index in [9.17, 15) is 4.79 Å². The van der Waals surface area contributed by atoms with Gasteiger partial charge in [-0.3, -0.25) is 4.79 Å². The molecule has 0 bridgehead atoms. The lowest BCUT2D eigenvalue weighted by Crippen LogP contribution is -2.25. The van der Waals surface area contributed by atoms with Gasteiger partial charge < -0.3 is 10.6 Å². The maximum Gasteiger partial charge on any atom is 0.270 e. The Morgan fingerprint density at radius 2 is 1.95 bits per heavy atom. The minimum absolute atomic E-state index is 0.243. The number of hydrogen-bond acceptors (Lipinski definition) is 4. The van der Waals surface area contributed by atoms with Crippen LogP contribution in [0.3, 0.4) is 0 Å². The molecule has 0 radical (unpaired) electrons. The number of para-hydroxylation sites is 1. The number of nitrogens with zero attached hydrogens (tertiary/aromatic N) is 2. The fourth-order valence-corrected chi connectivity index (χ4v) is 2.12. The van der Waals surface area contributed by atoms with Gasteiger partial charge in [-0.1, -0.05) is 36.2 Å². The van der Waals surface area contributed by atoms with E-state index >= 15 is 0 Å². The summed E-state index contributed by atoms with van der Waals surface area (Å²) in [6, 6.07) is 6.72. The summed E-state index contributed by atoms with van der Waals surface area (Å²) >= 11 is 12.2. The number of halogens is 2. The van der Waals surface area contributed by atoms with E-state index in [1.807, 2.05) is 6.92 Å². The Hall–Kier alpha value is -1.85. The van der Waals surface area contributed by atoms with Gasteiger partial charge in [-0.05, 0) is 18.6 Å². The Morgan fingerprint density at radius 1 is 1.24 bits per heavy atom. The van der Waals surface area contributed by atoms with Gasteiger partial charge in [-0.2, -0.15) is 0 Å². The van der Waals surface area contributed by atoms with Crippen LogP contribution in [0.1, 0.15) is 23.8 Å². The molecule has 0 aliphatic heterocycles. The van der Waals surface area contributed by atoms with Gasteiger partial charge in [-0.25, -0.2) is 9.97 Å². The van der Waals surface area contributed by atoms with Crippen molar-refractivity contribution in [1.82, 2.24) is 15.3 Å². The first-order chi connectivity index (χ1) is 10.1. The lowest BCUT2D eigenvalue weighted by molar-refractivity contribution is 0.0948. The van der Waals surface area contributed by atoms with E-state index in [1.165, 1.54) is 6.33 Å². The van der Waals surface area contributed by atoms with Crippen molar-refractivity contribution in [2.75, 3.05) is 11.9 Å². The topological polar surface area (TPSA) is 66.9 Å². The molecule has 0 saturated carbocycles. The van der Waals surface area contributed by atoms with Gasteiger partial charge in [-0.15, -0.1) is 0 Å². The number of rotatable bonds is 5. The predicted octanol–water partition coefficient (Wildman–Crippen LogP) is 3.67. The van der Waals surface area contributed by atoms with Gasteiger partial charge in [0.2, 0.25) is 0 Å². The molecule has 0 unspecified atom stereocenters. The summed E-state index contributed by atoms with van der Waals surface area (Å²) in [6.45, 7) is 2.58. The maximum absolute atomic E-state index is 11.9. The molecule has 1 amide bonds. The van der Waals surface area contributed by atoms with Crippen LogP contribution < -0.4 is 10.6 Å². The number of carbonyl (C=O) groups is 1. The van der Waals surface area contributed by atoms with E-state index in [4.69, 9.17) is 23.2 Å². The zero-order valence-corrected chi connectivity index (χ0v) is 12.9. The lowest BCUT2D eigenvalue weighted by Gasteiger charge is -2.10. The van der Waals surface area contributed by atoms with Gasteiger partial charge in [0, 0.05) is 12.6 Å². The third-order valence-corrected chi connectivity index (χ3v) is 3.28. The number of amides is 1. The van der Waals surface area contributed by atoms with E-state index in [1.54, 1.807) is 24.3 Å². The standard InChI is InChI=1S/C14H14Cl2N4O/c1-2-6-17-14(21)11-7-12(19-8-18-11)20-13-9(15)4-3-5-10(13)16/h3-5,7-8H,2,6H2,1H3,(H,17,21)(H,18,19,20). The molecule has 7 heteroatoms. The largest absolute Gasteiger partial charge is 0.351 e. The third kappa shape index (κ3) is 4.06. The molecule has 1 aromatic heterocycles. The molecule has 5 nitrogen and oxygen atoms in total. The monoisotopic (exact) mass is 324 g/mol. The highest BCUT2D eigenvalue weighted by Gasteiger charge is 2.10. The number of nitrogens with one attached hydrogen (secondary N) is 2. The molecular formula is C14H14Cl2N4O. The Morgan fingerprint density at radius 3 is 2.62 bits per heavy atom. The first kappa shape index (κ1) is 15.5. The second-order valence-corrected chi connectivity index (χ2v) is 5.08. The van der Waals surface area contributed by atoms with Crippen molar-refractivity contribution in [3.8, 4) is 0 Å². The second kappa shape index (κ2) is 7.24. The van der Waals surface area contributed by atoms with Crippen LogP contribution in [-0.4, -0.2) is 22.4 Å². The van der Waals surface area contributed by atoms with Crippen LogP contribution in [0.5, 0.6) is 0 Å². The van der Waals surface area contributed by atoms with Crippen molar-refractivity contribution in [3.05, 3.63) is 46.3 Å². The van der Waals surface area contributed by atoms with Crippen molar-refractivity contribution in [2.45, 2.75) is 13.3 Å². The summed E-state index contributed by atoms with van der Waals surface area (Å²) in [4.78, 5) is 19.9. The van der Waals surface area contributed by atoms with Crippen molar-refractivity contribution in [3.63, 3.8) is 0 Å². The molecule has 2 aromatic rings. The first-order valence-electron chi connectivity index (χ1n) is 6.43. The molecule has 0 aliphatic carbocycles. The fourth-order valence-electron chi connectivity index (χ4n) is 1.62. The minimum Gasteiger partial charge on any atom is -0.351 e. The summed E-state index contributed by atoms with van der Waals surface area (Å²) in [7, 11) is 0. The SMILES string of the molecule is CCCNC(=O)c1cc(Nc2c(Cl)cccc2Cl)ncn1. The highest BCUT2D eigenvalue weighted by Crippen LogP contribution is 2.31. The summed E-state index contributed by atoms with van der Waals surface area (Å²) in [5.41, 5.74) is 0.823. The van der Waals surface area contributed by atoms with E-state index in [2.05, 4.69) is 20.6 Å². The van der Waals surface area contributed by atoms with E-state index in [-0.39, 0.29) is 11.6 Å². The van der Waals surface area contributed by atoms with E-state index in [0.29, 0.717) is 28.1 Å². The molecule has 0 atom stereocenters. The minimum atomic E-state index is -0.243. The molecule has 0 fully saturated rings. The Balaban J connectivity index is 2.20. The maximum atomic E-state index is 11.9. The molecule has 21 heavy (non-hydrogen) atoms. The van der Waals surface area contributed by atoms with Gasteiger partial charge in [0.1, 0.15) is 17.8 Å². The lowest BCUT2D eigenvalue weighted by atomic mass is 10.3. The highest BCUT2D eigenvalue weighted by molar-refractivity contribution is 6.39. The predicted molar refractivity (Wildman–Crippen MR) is 84.4 cm³/mol. The molecular weight excluding hydrogens is 311 g/mol. The van der Waals surface area contributed by atoms with Crippen LogP contribution in [0.25, 0.3) is 0 Å².